The second kappa shape index (κ2) is 7.07. The molecule has 0 N–H and O–H groups in total. The van der Waals surface area contributed by atoms with Crippen LogP contribution in [0.4, 0.5) is 5.69 Å². The van der Waals surface area contributed by atoms with Crippen molar-refractivity contribution in [3.8, 4) is 0 Å². The number of halogens is 2. The number of aromatic nitrogens is 1. The Bertz CT molecular complexity index is 1070. The molecule has 0 fully saturated rings. The van der Waals surface area contributed by atoms with Crippen molar-refractivity contribution >= 4 is 60.7 Å². The lowest BCUT2D eigenvalue weighted by molar-refractivity contribution is -0.385. The zero-order valence-electron chi connectivity index (χ0n) is 12.9. The van der Waals surface area contributed by atoms with Crippen LogP contribution in [0.3, 0.4) is 0 Å². The molecule has 25 heavy (non-hydrogen) atoms. The Morgan fingerprint density at radius 2 is 2.12 bits per heavy atom. The zero-order valence-corrected chi connectivity index (χ0v) is 16.1. The Labute approximate surface area is 159 Å². The van der Waals surface area contributed by atoms with Gasteiger partial charge < -0.3 is 4.57 Å². The first-order valence-electron chi connectivity index (χ1n) is 7.22. The summed E-state index contributed by atoms with van der Waals surface area (Å²) in [6.07, 6.45) is 0. The molecule has 2 aromatic carbocycles. The Morgan fingerprint density at radius 3 is 2.80 bits per heavy atom. The maximum Gasteiger partial charge on any atom is 0.286 e. The van der Waals surface area contributed by atoms with Gasteiger partial charge in [0.15, 0.2) is 4.80 Å². The molecule has 0 unspecified atom stereocenters. The third kappa shape index (κ3) is 3.51. The van der Waals surface area contributed by atoms with Crippen LogP contribution < -0.4 is 4.80 Å². The average molecular weight is 441 g/mol. The molecular formula is C16H11BrClN3O3S. The summed E-state index contributed by atoms with van der Waals surface area (Å²) in [4.78, 5) is 27.7. The maximum atomic E-state index is 12.6. The SMILES string of the molecule is CCn1c(=NC(=O)c2cc(Cl)ccc2[N+](=O)[O-])sc2cc(Br)ccc21. The van der Waals surface area contributed by atoms with Gasteiger partial charge in [0.1, 0.15) is 5.56 Å². The number of aryl methyl sites for hydroxylation is 1. The molecule has 3 aromatic rings. The molecule has 0 aliphatic rings. The normalized spacial score (nSPS) is 11.9. The van der Waals surface area contributed by atoms with Gasteiger partial charge in [0.05, 0.1) is 15.1 Å². The summed E-state index contributed by atoms with van der Waals surface area (Å²) in [5.74, 6) is -0.693. The van der Waals surface area contributed by atoms with Crippen molar-refractivity contribution in [2.75, 3.05) is 0 Å². The smallest absolute Gasteiger partial charge is 0.286 e. The molecule has 0 aliphatic carbocycles. The topological polar surface area (TPSA) is 77.5 Å². The molecule has 0 aliphatic heterocycles. The van der Waals surface area contributed by atoms with Crippen LogP contribution in [-0.4, -0.2) is 15.4 Å². The number of thiazole rings is 1. The van der Waals surface area contributed by atoms with E-state index < -0.39 is 10.8 Å². The molecule has 0 bridgehead atoms. The van der Waals surface area contributed by atoms with E-state index in [0.29, 0.717) is 11.3 Å². The van der Waals surface area contributed by atoms with Gasteiger partial charge in [-0.1, -0.05) is 38.9 Å². The van der Waals surface area contributed by atoms with E-state index >= 15 is 0 Å². The number of hydrogen-bond donors (Lipinski definition) is 0. The van der Waals surface area contributed by atoms with Crippen LogP contribution in [-0.2, 0) is 6.54 Å². The first kappa shape index (κ1) is 17.8. The molecule has 0 saturated heterocycles. The van der Waals surface area contributed by atoms with Crippen LogP contribution in [0.5, 0.6) is 0 Å². The van der Waals surface area contributed by atoms with Gasteiger partial charge in [-0.05, 0) is 37.3 Å². The summed E-state index contributed by atoms with van der Waals surface area (Å²) in [7, 11) is 0. The number of hydrogen-bond acceptors (Lipinski definition) is 4. The van der Waals surface area contributed by atoms with E-state index in [2.05, 4.69) is 20.9 Å². The first-order valence-corrected chi connectivity index (χ1v) is 9.21. The van der Waals surface area contributed by atoms with Crippen molar-refractivity contribution in [3.63, 3.8) is 0 Å². The lowest BCUT2D eigenvalue weighted by Crippen LogP contribution is -2.16. The van der Waals surface area contributed by atoms with Crippen molar-refractivity contribution < 1.29 is 9.72 Å². The number of amides is 1. The third-order valence-corrected chi connectivity index (χ3v) is 5.31. The number of nitro groups is 1. The molecule has 0 saturated carbocycles. The quantitative estimate of drug-likeness (QED) is 0.434. The van der Waals surface area contributed by atoms with E-state index in [9.17, 15) is 14.9 Å². The third-order valence-electron chi connectivity index (χ3n) is 3.54. The largest absolute Gasteiger partial charge is 0.317 e. The number of carbonyl (C=O) groups excluding carboxylic acids is 1. The molecule has 3 rings (SSSR count). The van der Waals surface area contributed by atoms with Gasteiger partial charge in [-0.15, -0.1) is 0 Å². The van der Waals surface area contributed by atoms with Crippen molar-refractivity contribution in [1.29, 1.82) is 0 Å². The number of benzene rings is 2. The van der Waals surface area contributed by atoms with Gasteiger partial charge in [0, 0.05) is 22.1 Å². The summed E-state index contributed by atoms with van der Waals surface area (Å²) in [5, 5.41) is 11.4. The molecule has 1 aromatic heterocycles. The Kier molecular flexibility index (Phi) is 5.03. The minimum absolute atomic E-state index is 0.126. The molecule has 0 radical (unpaired) electrons. The number of rotatable bonds is 3. The van der Waals surface area contributed by atoms with Crippen LogP contribution in [0.25, 0.3) is 10.2 Å². The van der Waals surface area contributed by atoms with Crippen molar-refractivity contribution in [2.24, 2.45) is 4.99 Å². The highest BCUT2D eigenvalue weighted by Gasteiger charge is 2.20. The zero-order chi connectivity index (χ0) is 18.1. The fourth-order valence-electron chi connectivity index (χ4n) is 2.42. The lowest BCUT2D eigenvalue weighted by Gasteiger charge is -2.01. The monoisotopic (exact) mass is 439 g/mol. The van der Waals surface area contributed by atoms with Gasteiger partial charge in [-0.2, -0.15) is 4.99 Å². The maximum absolute atomic E-state index is 12.6. The van der Waals surface area contributed by atoms with E-state index in [1.807, 2.05) is 29.7 Å². The van der Waals surface area contributed by atoms with Crippen LogP contribution in [0.15, 0.2) is 45.9 Å². The number of nitrogens with zero attached hydrogens (tertiary/aromatic N) is 3. The second-order valence-corrected chi connectivity index (χ2v) is 7.44. The first-order chi connectivity index (χ1) is 11.9. The molecule has 128 valence electrons. The predicted molar refractivity (Wildman–Crippen MR) is 101 cm³/mol. The minimum Gasteiger partial charge on any atom is -0.317 e. The van der Waals surface area contributed by atoms with E-state index in [0.717, 1.165) is 14.7 Å². The lowest BCUT2D eigenvalue weighted by atomic mass is 10.2. The standard InChI is InChI=1S/C16H11BrClN3O3S/c1-2-20-13-5-3-9(17)7-14(13)25-16(20)19-15(22)11-8-10(18)4-6-12(11)21(23)24/h3-8H,2H2,1H3. The van der Waals surface area contributed by atoms with Crippen LogP contribution >= 0.6 is 38.9 Å². The molecule has 9 heteroatoms. The number of nitro benzene ring substituents is 1. The average Bonchev–Trinajstić information content (AvgIpc) is 2.90. The van der Waals surface area contributed by atoms with Gasteiger partial charge >= 0.3 is 0 Å². The molecule has 1 amide bonds. The van der Waals surface area contributed by atoms with Gasteiger partial charge in [0.25, 0.3) is 11.6 Å². The molecule has 0 atom stereocenters. The summed E-state index contributed by atoms with van der Waals surface area (Å²) < 4.78 is 3.77. The molecular weight excluding hydrogens is 430 g/mol. The van der Waals surface area contributed by atoms with E-state index in [1.54, 1.807) is 0 Å². The Morgan fingerprint density at radius 1 is 1.36 bits per heavy atom. The van der Waals surface area contributed by atoms with Gasteiger partial charge in [-0.25, -0.2) is 0 Å². The predicted octanol–water partition coefficient (Wildman–Crippen LogP) is 4.79. The molecule has 6 nitrogen and oxygen atoms in total. The highest BCUT2D eigenvalue weighted by Crippen LogP contribution is 2.25. The van der Waals surface area contributed by atoms with E-state index in [4.69, 9.17) is 11.6 Å². The van der Waals surface area contributed by atoms with Crippen LogP contribution in [0, 0.1) is 10.1 Å². The second-order valence-electron chi connectivity index (χ2n) is 5.08. The van der Waals surface area contributed by atoms with Crippen LogP contribution in [0.2, 0.25) is 5.02 Å². The van der Waals surface area contributed by atoms with Crippen molar-refractivity contribution in [1.82, 2.24) is 4.57 Å². The summed E-state index contributed by atoms with van der Waals surface area (Å²) in [6, 6.07) is 9.64. The highest BCUT2D eigenvalue weighted by molar-refractivity contribution is 9.10. The van der Waals surface area contributed by atoms with Gasteiger partial charge in [0.2, 0.25) is 0 Å². The Hall–Kier alpha value is -2.03. The van der Waals surface area contributed by atoms with E-state index in [-0.39, 0.29) is 16.3 Å². The van der Waals surface area contributed by atoms with Crippen LogP contribution in [0.1, 0.15) is 17.3 Å². The van der Waals surface area contributed by atoms with E-state index in [1.165, 1.54) is 29.5 Å². The van der Waals surface area contributed by atoms with Crippen molar-refractivity contribution in [2.45, 2.75) is 13.5 Å². The summed E-state index contributed by atoms with van der Waals surface area (Å²) in [6.45, 7) is 2.56. The summed E-state index contributed by atoms with van der Waals surface area (Å²) in [5.41, 5.74) is 0.506. The number of fused-ring (bicyclic) bond motifs is 1. The van der Waals surface area contributed by atoms with Gasteiger partial charge in [-0.3, -0.25) is 14.9 Å². The number of carbonyl (C=O) groups is 1. The molecule has 1 heterocycles. The fourth-order valence-corrected chi connectivity index (χ4v) is 4.24. The Balaban J connectivity index is 2.19. The summed E-state index contributed by atoms with van der Waals surface area (Å²) >= 11 is 10.7. The minimum atomic E-state index is -0.693. The fraction of sp³-hybridized carbons (Fsp3) is 0.125. The van der Waals surface area contributed by atoms with Crippen molar-refractivity contribution in [3.05, 3.63) is 66.4 Å². The highest BCUT2D eigenvalue weighted by atomic mass is 79.9. The molecule has 0 spiro atoms.